The standard InChI is InChI=1S/C16H17IN2O2/c1-9(2)19(11-4-5-11)16(21)13-8-18-14-6-3-10(17)7-12(14)15(13)20/h3,6-9,11H,4-5H2,1-2H3,(H,18,20). The number of nitrogens with one attached hydrogen (secondary N) is 1. The van der Waals surface area contributed by atoms with Gasteiger partial charge in [-0.15, -0.1) is 0 Å². The molecule has 21 heavy (non-hydrogen) atoms. The summed E-state index contributed by atoms with van der Waals surface area (Å²) in [6.45, 7) is 3.99. The zero-order valence-corrected chi connectivity index (χ0v) is 14.2. The molecule has 1 aliphatic carbocycles. The normalized spacial score (nSPS) is 14.7. The lowest BCUT2D eigenvalue weighted by Crippen LogP contribution is -2.40. The fraction of sp³-hybridized carbons (Fsp3) is 0.375. The van der Waals surface area contributed by atoms with Crippen LogP contribution in [0.2, 0.25) is 0 Å². The van der Waals surface area contributed by atoms with Gasteiger partial charge < -0.3 is 9.88 Å². The monoisotopic (exact) mass is 396 g/mol. The van der Waals surface area contributed by atoms with Crippen molar-refractivity contribution in [1.29, 1.82) is 0 Å². The maximum Gasteiger partial charge on any atom is 0.259 e. The third-order valence-corrected chi connectivity index (χ3v) is 4.48. The first-order chi connectivity index (χ1) is 9.99. The molecule has 1 fully saturated rings. The van der Waals surface area contributed by atoms with Gasteiger partial charge in [-0.1, -0.05) is 0 Å². The number of hydrogen-bond donors (Lipinski definition) is 1. The van der Waals surface area contributed by atoms with Crippen molar-refractivity contribution >= 4 is 39.4 Å². The first-order valence-electron chi connectivity index (χ1n) is 7.12. The molecule has 1 heterocycles. The quantitative estimate of drug-likeness (QED) is 0.811. The molecule has 1 aliphatic rings. The van der Waals surface area contributed by atoms with E-state index in [2.05, 4.69) is 27.6 Å². The van der Waals surface area contributed by atoms with Gasteiger partial charge in [0.1, 0.15) is 5.56 Å². The molecule has 1 N–H and O–H groups in total. The van der Waals surface area contributed by atoms with Gasteiger partial charge in [-0.25, -0.2) is 0 Å². The van der Waals surface area contributed by atoms with Gasteiger partial charge in [0, 0.05) is 32.8 Å². The van der Waals surface area contributed by atoms with Crippen molar-refractivity contribution < 1.29 is 4.79 Å². The third-order valence-electron chi connectivity index (χ3n) is 3.80. The molecule has 0 radical (unpaired) electrons. The fourth-order valence-corrected chi connectivity index (χ4v) is 3.15. The Morgan fingerprint density at radius 3 is 2.71 bits per heavy atom. The van der Waals surface area contributed by atoms with Crippen LogP contribution in [0.25, 0.3) is 10.9 Å². The van der Waals surface area contributed by atoms with E-state index in [0.717, 1.165) is 21.9 Å². The van der Waals surface area contributed by atoms with Crippen LogP contribution in [0.15, 0.2) is 29.2 Å². The molecular formula is C16H17IN2O2. The van der Waals surface area contributed by atoms with Gasteiger partial charge in [-0.2, -0.15) is 0 Å². The Morgan fingerprint density at radius 2 is 2.10 bits per heavy atom. The van der Waals surface area contributed by atoms with Crippen molar-refractivity contribution in [2.75, 3.05) is 0 Å². The van der Waals surface area contributed by atoms with E-state index in [1.807, 2.05) is 36.9 Å². The van der Waals surface area contributed by atoms with Crippen molar-refractivity contribution in [2.24, 2.45) is 0 Å². The van der Waals surface area contributed by atoms with Crippen LogP contribution in [-0.4, -0.2) is 27.9 Å². The molecule has 5 heteroatoms. The number of carbonyl (C=O) groups excluding carboxylic acids is 1. The summed E-state index contributed by atoms with van der Waals surface area (Å²) in [7, 11) is 0. The van der Waals surface area contributed by atoms with Crippen LogP contribution >= 0.6 is 22.6 Å². The summed E-state index contributed by atoms with van der Waals surface area (Å²) in [5.74, 6) is -0.158. The van der Waals surface area contributed by atoms with E-state index in [0.29, 0.717) is 11.4 Å². The maximum absolute atomic E-state index is 12.7. The van der Waals surface area contributed by atoms with Gasteiger partial charge in [0.05, 0.1) is 0 Å². The lowest BCUT2D eigenvalue weighted by molar-refractivity contribution is 0.0689. The molecule has 1 aromatic heterocycles. The summed E-state index contributed by atoms with van der Waals surface area (Å²) < 4.78 is 0.984. The smallest absolute Gasteiger partial charge is 0.259 e. The van der Waals surface area contributed by atoms with Gasteiger partial charge in [-0.05, 0) is 67.5 Å². The van der Waals surface area contributed by atoms with Crippen molar-refractivity contribution in [2.45, 2.75) is 38.8 Å². The molecule has 1 saturated carbocycles. The van der Waals surface area contributed by atoms with E-state index in [9.17, 15) is 9.59 Å². The largest absolute Gasteiger partial charge is 0.360 e. The highest BCUT2D eigenvalue weighted by Gasteiger charge is 2.35. The fourth-order valence-electron chi connectivity index (χ4n) is 2.66. The predicted molar refractivity (Wildman–Crippen MR) is 91.6 cm³/mol. The molecule has 1 amide bonds. The zero-order valence-electron chi connectivity index (χ0n) is 12.0. The van der Waals surface area contributed by atoms with Gasteiger partial charge >= 0.3 is 0 Å². The summed E-state index contributed by atoms with van der Waals surface area (Å²) in [5, 5.41) is 0.576. The second-order valence-corrected chi connectivity index (χ2v) is 7.00. The van der Waals surface area contributed by atoms with Crippen LogP contribution in [-0.2, 0) is 0 Å². The van der Waals surface area contributed by atoms with E-state index >= 15 is 0 Å². The number of aromatic nitrogens is 1. The van der Waals surface area contributed by atoms with Crippen LogP contribution in [0.5, 0.6) is 0 Å². The zero-order chi connectivity index (χ0) is 15.1. The van der Waals surface area contributed by atoms with Crippen LogP contribution in [0, 0.1) is 3.57 Å². The highest BCUT2D eigenvalue weighted by Crippen LogP contribution is 2.29. The number of nitrogens with zero attached hydrogens (tertiary/aromatic N) is 1. The first kappa shape index (κ1) is 14.6. The Labute approximate surface area is 136 Å². The molecule has 0 unspecified atom stereocenters. The highest BCUT2D eigenvalue weighted by atomic mass is 127. The first-order valence-corrected chi connectivity index (χ1v) is 8.20. The maximum atomic E-state index is 12.7. The van der Waals surface area contributed by atoms with E-state index < -0.39 is 0 Å². The van der Waals surface area contributed by atoms with E-state index in [1.165, 1.54) is 0 Å². The molecule has 1 aromatic carbocycles. The van der Waals surface area contributed by atoms with Crippen molar-refractivity contribution in [3.8, 4) is 0 Å². The summed E-state index contributed by atoms with van der Waals surface area (Å²) in [5.41, 5.74) is 0.822. The van der Waals surface area contributed by atoms with Crippen molar-refractivity contribution in [3.63, 3.8) is 0 Å². The molecule has 3 rings (SSSR count). The van der Waals surface area contributed by atoms with Crippen LogP contribution in [0.1, 0.15) is 37.0 Å². The number of carbonyl (C=O) groups is 1. The van der Waals surface area contributed by atoms with Gasteiger partial charge in [0.25, 0.3) is 5.91 Å². The highest BCUT2D eigenvalue weighted by molar-refractivity contribution is 14.1. The number of aromatic amines is 1. The number of benzene rings is 1. The molecule has 4 nitrogen and oxygen atoms in total. The minimum absolute atomic E-state index is 0.107. The van der Waals surface area contributed by atoms with Gasteiger partial charge in [0.2, 0.25) is 5.43 Å². The minimum atomic E-state index is -0.182. The number of pyridine rings is 1. The number of amides is 1. The van der Waals surface area contributed by atoms with Crippen LogP contribution in [0.4, 0.5) is 0 Å². The molecule has 0 aliphatic heterocycles. The lowest BCUT2D eigenvalue weighted by atomic mass is 10.1. The lowest BCUT2D eigenvalue weighted by Gasteiger charge is -2.26. The van der Waals surface area contributed by atoms with Crippen LogP contribution in [0.3, 0.4) is 0 Å². The molecule has 0 bridgehead atoms. The molecule has 2 aromatic rings. The van der Waals surface area contributed by atoms with Crippen molar-refractivity contribution in [1.82, 2.24) is 9.88 Å². The van der Waals surface area contributed by atoms with E-state index in [-0.39, 0.29) is 22.9 Å². The Kier molecular flexibility index (Phi) is 3.77. The number of halogens is 1. The molecule has 0 spiro atoms. The number of rotatable bonds is 3. The number of H-pyrrole nitrogens is 1. The minimum Gasteiger partial charge on any atom is -0.360 e. The Hall–Kier alpha value is -1.37. The number of hydrogen-bond acceptors (Lipinski definition) is 2. The summed E-state index contributed by atoms with van der Waals surface area (Å²) >= 11 is 2.17. The summed E-state index contributed by atoms with van der Waals surface area (Å²) in [6, 6.07) is 6.03. The second-order valence-electron chi connectivity index (χ2n) is 5.76. The molecule has 0 atom stereocenters. The summed E-state index contributed by atoms with van der Waals surface area (Å²) in [6.07, 6.45) is 3.62. The molecule has 0 saturated heterocycles. The van der Waals surface area contributed by atoms with Gasteiger partial charge in [-0.3, -0.25) is 9.59 Å². The topological polar surface area (TPSA) is 53.2 Å². The third kappa shape index (κ3) is 2.71. The molecular weight excluding hydrogens is 379 g/mol. The number of fused-ring (bicyclic) bond motifs is 1. The predicted octanol–water partition coefficient (Wildman–Crippen LogP) is 3.15. The SMILES string of the molecule is CC(C)N(C(=O)c1c[nH]c2ccc(I)cc2c1=O)C1CC1. The second kappa shape index (κ2) is 5.44. The van der Waals surface area contributed by atoms with E-state index in [4.69, 9.17) is 0 Å². The summed E-state index contributed by atoms with van der Waals surface area (Å²) in [4.78, 5) is 30.3. The van der Waals surface area contributed by atoms with E-state index in [1.54, 1.807) is 6.20 Å². The average Bonchev–Trinajstić information content (AvgIpc) is 3.24. The Balaban J connectivity index is 2.09. The Morgan fingerprint density at radius 1 is 1.38 bits per heavy atom. The molecule has 110 valence electrons. The van der Waals surface area contributed by atoms with Crippen molar-refractivity contribution in [3.05, 3.63) is 43.8 Å². The van der Waals surface area contributed by atoms with Crippen LogP contribution < -0.4 is 5.43 Å². The average molecular weight is 396 g/mol. The van der Waals surface area contributed by atoms with Gasteiger partial charge in [0.15, 0.2) is 0 Å². The Bertz CT molecular complexity index is 760.